The van der Waals surface area contributed by atoms with Crippen LogP contribution in [0.2, 0.25) is 0 Å². The first-order valence-corrected chi connectivity index (χ1v) is 4.95. The molecule has 0 amide bonds. The van der Waals surface area contributed by atoms with E-state index in [4.69, 9.17) is 11.3 Å². The van der Waals surface area contributed by atoms with Gasteiger partial charge in [-0.1, -0.05) is 0 Å². The molecule has 3 fully saturated rings. The number of hydrogen-bond donors (Lipinski definition) is 0. The summed E-state index contributed by atoms with van der Waals surface area (Å²) in [6, 6.07) is 1.66. The van der Waals surface area contributed by atoms with E-state index < -0.39 is 0 Å². The van der Waals surface area contributed by atoms with Gasteiger partial charge in [0.1, 0.15) is 6.61 Å². The van der Waals surface area contributed by atoms with Gasteiger partial charge in [0.05, 0.1) is 12.6 Å². The van der Waals surface area contributed by atoms with E-state index in [9.17, 15) is 0 Å². The summed E-state index contributed by atoms with van der Waals surface area (Å²) in [4.78, 5) is 6.08. The van der Waals surface area contributed by atoms with Crippen LogP contribution >= 0.6 is 0 Å². The van der Waals surface area contributed by atoms with Crippen LogP contribution in [0.15, 0.2) is 0 Å². The van der Waals surface area contributed by atoms with E-state index in [1.807, 2.05) is 0 Å². The lowest BCUT2D eigenvalue weighted by molar-refractivity contribution is -0.0201. The maximum Gasteiger partial charge on any atom is 0.261 e. The summed E-state index contributed by atoms with van der Waals surface area (Å²) in [5, 5.41) is 0. The summed E-state index contributed by atoms with van der Waals surface area (Å²) >= 11 is 0. The molecule has 2 bridgehead atoms. The first kappa shape index (κ1) is 8.98. The third-order valence-corrected chi connectivity index (χ3v) is 3.12. The van der Waals surface area contributed by atoms with Crippen LogP contribution < -0.4 is 0 Å². The Morgan fingerprint density at radius 3 is 2.85 bits per heavy atom. The minimum atomic E-state index is 0.0705. The predicted molar refractivity (Wildman–Crippen MR) is 50.4 cm³/mol. The van der Waals surface area contributed by atoms with Gasteiger partial charge in [-0.3, -0.25) is 4.90 Å². The van der Waals surface area contributed by atoms with Gasteiger partial charge in [0, 0.05) is 12.1 Å². The van der Waals surface area contributed by atoms with E-state index in [1.165, 1.54) is 0 Å². The second-order valence-corrected chi connectivity index (χ2v) is 4.23. The first-order chi connectivity index (χ1) is 6.24. The molecular formula is C10H16N2O. The number of ether oxygens (including phenoxy) is 1. The van der Waals surface area contributed by atoms with Crippen LogP contribution in [0.1, 0.15) is 20.3 Å². The van der Waals surface area contributed by atoms with Crippen molar-refractivity contribution in [3.05, 3.63) is 11.4 Å². The quantitative estimate of drug-likeness (QED) is 0.563. The third-order valence-electron chi connectivity index (χ3n) is 3.12. The Hall–Kier alpha value is -0.590. The monoisotopic (exact) mass is 180 g/mol. The fraction of sp³-hybridized carbons (Fsp3) is 0.900. The van der Waals surface area contributed by atoms with E-state index in [2.05, 4.69) is 23.6 Å². The Bertz CT molecular complexity index is 234. The van der Waals surface area contributed by atoms with Crippen molar-refractivity contribution >= 4 is 0 Å². The average molecular weight is 180 g/mol. The minimum Gasteiger partial charge on any atom is -0.372 e. The maximum absolute atomic E-state index is 7.10. The molecule has 0 unspecified atom stereocenters. The second kappa shape index (κ2) is 3.28. The van der Waals surface area contributed by atoms with Gasteiger partial charge in [-0.05, 0) is 20.3 Å². The van der Waals surface area contributed by atoms with E-state index in [1.54, 1.807) is 0 Å². The molecule has 3 aliphatic rings. The zero-order chi connectivity index (χ0) is 9.42. The SMILES string of the molecule is [C-]#[N+][C@@H]1COC[C@H]2C[C@@H]1N2C(C)C. The molecule has 3 atom stereocenters. The molecule has 3 rings (SSSR count). The second-order valence-electron chi connectivity index (χ2n) is 4.23. The Kier molecular flexibility index (Phi) is 2.27. The molecule has 0 aromatic rings. The summed E-state index contributed by atoms with van der Waals surface area (Å²) in [6.45, 7) is 13.0. The topological polar surface area (TPSA) is 16.8 Å². The normalized spacial score (nSPS) is 39.4. The molecule has 72 valence electrons. The van der Waals surface area contributed by atoms with E-state index in [-0.39, 0.29) is 6.04 Å². The number of nitrogens with zero attached hydrogens (tertiary/aromatic N) is 2. The van der Waals surface area contributed by atoms with E-state index >= 15 is 0 Å². The molecular weight excluding hydrogens is 164 g/mol. The van der Waals surface area contributed by atoms with Gasteiger partial charge in [-0.25, -0.2) is 6.57 Å². The average Bonchev–Trinajstić information content (AvgIpc) is 2.31. The smallest absolute Gasteiger partial charge is 0.261 e. The highest BCUT2D eigenvalue weighted by molar-refractivity contribution is 5.06. The lowest BCUT2D eigenvalue weighted by Gasteiger charge is -2.48. The lowest BCUT2D eigenvalue weighted by Crippen LogP contribution is -2.62. The lowest BCUT2D eigenvalue weighted by atomic mass is 9.87. The van der Waals surface area contributed by atoms with Crippen LogP contribution in [-0.2, 0) is 4.74 Å². The van der Waals surface area contributed by atoms with Crippen molar-refractivity contribution in [2.75, 3.05) is 13.2 Å². The summed E-state index contributed by atoms with van der Waals surface area (Å²) in [7, 11) is 0. The number of hydrogen-bond acceptors (Lipinski definition) is 2. The van der Waals surface area contributed by atoms with Gasteiger partial charge in [0.25, 0.3) is 6.04 Å². The van der Waals surface area contributed by atoms with Gasteiger partial charge in [0.2, 0.25) is 0 Å². The van der Waals surface area contributed by atoms with Crippen molar-refractivity contribution in [2.24, 2.45) is 0 Å². The van der Waals surface area contributed by atoms with Crippen molar-refractivity contribution in [1.29, 1.82) is 0 Å². The van der Waals surface area contributed by atoms with Crippen LogP contribution in [0, 0.1) is 6.57 Å². The van der Waals surface area contributed by atoms with Gasteiger partial charge >= 0.3 is 0 Å². The van der Waals surface area contributed by atoms with Gasteiger partial charge in [0.15, 0.2) is 0 Å². The summed E-state index contributed by atoms with van der Waals surface area (Å²) in [6.07, 6.45) is 1.16. The van der Waals surface area contributed by atoms with Crippen molar-refractivity contribution in [2.45, 2.75) is 44.4 Å². The van der Waals surface area contributed by atoms with Crippen LogP contribution in [-0.4, -0.2) is 42.3 Å². The highest BCUT2D eigenvalue weighted by atomic mass is 16.5. The Morgan fingerprint density at radius 2 is 2.23 bits per heavy atom. The maximum atomic E-state index is 7.10. The molecule has 13 heavy (non-hydrogen) atoms. The Labute approximate surface area is 79.5 Å². The largest absolute Gasteiger partial charge is 0.372 e. The molecule has 0 radical (unpaired) electrons. The summed E-state index contributed by atoms with van der Waals surface area (Å²) < 4.78 is 5.48. The molecule has 3 heterocycles. The van der Waals surface area contributed by atoms with E-state index in [0.29, 0.717) is 24.7 Å². The number of fused-ring (bicyclic) bond motifs is 3. The summed E-state index contributed by atoms with van der Waals surface area (Å²) in [5.74, 6) is 0. The molecule has 0 spiro atoms. The standard InChI is InChI=1S/C10H16N2O/c1-7(2)12-8-4-10(12)9(11-3)6-13-5-8/h7-10H,4-6H2,1-2H3/t8-,9-,10+/m1/s1. The number of rotatable bonds is 1. The van der Waals surface area contributed by atoms with Crippen molar-refractivity contribution < 1.29 is 4.74 Å². The van der Waals surface area contributed by atoms with Crippen LogP contribution in [0.3, 0.4) is 0 Å². The van der Waals surface area contributed by atoms with Gasteiger partial charge in [-0.15, -0.1) is 0 Å². The van der Waals surface area contributed by atoms with Gasteiger partial charge in [-0.2, -0.15) is 0 Å². The molecule has 3 aliphatic heterocycles. The Balaban J connectivity index is 2.11. The van der Waals surface area contributed by atoms with E-state index in [0.717, 1.165) is 13.0 Å². The van der Waals surface area contributed by atoms with Crippen LogP contribution in [0.4, 0.5) is 0 Å². The highest BCUT2D eigenvalue weighted by Gasteiger charge is 2.49. The van der Waals surface area contributed by atoms with Crippen molar-refractivity contribution in [1.82, 2.24) is 4.90 Å². The zero-order valence-corrected chi connectivity index (χ0v) is 8.23. The summed E-state index contributed by atoms with van der Waals surface area (Å²) in [5.41, 5.74) is 0. The molecule has 0 N–H and O–H groups in total. The fourth-order valence-electron chi connectivity index (χ4n) is 2.53. The third kappa shape index (κ3) is 1.34. The first-order valence-electron chi connectivity index (χ1n) is 4.95. The molecule has 0 saturated carbocycles. The predicted octanol–water partition coefficient (Wildman–Crippen LogP) is 1.16. The minimum absolute atomic E-state index is 0.0705. The zero-order valence-electron chi connectivity index (χ0n) is 8.23. The Morgan fingerprint density at radius 1 is 1.46 bits per heavy atom. The molecule has 0 aromatic carbocycles. The molecule has 3 nitrogen and oxygen atoms in total. The van der Waals surface area contributed by atoms with Gasteiger partial charge < -0.3 is 9.58 Å². The molecule has 0 aromatic heterocycles. The molecule has 3 heteroatoms. The molecule has 3 saturated heterocycles. The fourth-order valence-corrected chi connectivity index (χ4v) is 2.53. The van der Waals surface area contributed by atoms with Crippen LogP contribution in [0.5, 0.6) is 0 Å². The highest BCUT2D eigenvalue weighted by Crippen LogP contribution is 2.34. The molecule has 0 aliphatic carbocycles. The van der Waals surface area contributed by atoms with Crippen molar-refractivity contribution in [3.63, 3.8) is 0 Å². The van der Waals surface area contributed by atoms with Crippen LogP contribution in [0.25, 0.3) is 4.85 Å². The van der Waals surface area contributed by atoms with Crippen molar-refractivity contribution in [3.8, 4) is 0 Å².